The maximum Gasteiger partial charge on any atom is 0.120 e. The van der Waals surface area contributed by atoms with Crippen molar-refractivity contribution in [2.45, 2.75) is 18.1 Å². The second-order valence-electron chi connectivity index (χ2n) is 3.63. The molecule has 0 aromatic heterocycles. The fourth-order valence-electron chi connectivity index (χ4n) is 2.40. The molecule has 4 nitrogen and oxygen atoms in total. The lowest BCUT2D eigenvalue weighted by molar-refractivity contribution is -0.0461. The minimum atomic E-state index is -0.797. The molecule has 0 unspecified atom stereocenters. The number of aliphatic hydroxyl groups is 3. The van der Waals surface area contributed by atoms with Gasteiger partial charge in [0.2, 0.25) is 0 Å². The van der Waals surface area contributed by atoms with Crippen molar-refractivity contribution in [3.8, 4) is 0 Å². The summed E-state index contributed by atoms with van der Waals surface area (Å²) in [6.07, 6.45) is 1.75. The fraction of sp³-hybridized carbons (Fsp3) is 0.778. The van der Waals surface area contributed by atoms with Crippen LogP contribution in [0, 0.1) is 5.92 Å². The molecule has 0 spiro atoms. The molecular weight excluding hydrogens is 172 g/mol. The summed E-state index contributed by atoms with van der Waals surface area (Å²) in [4.78, 5) is 0. The highest BCUT2D eigenvalue weighted by Gasteiger charge is 2.53. The highest BCUT2D eigenvalue weighted by atomic mass is 16.5. The maximum atomic E-state index is 9.62. The molecule has 0 aromatic carbocycles. The van der Waals surface area contributed by atoms with Crippen molar-refractivity contribution in [1.82, 2.24) is 0 Å². The van der Waals surface area contributed by atoms with Crippen LogP contribution >= 0.6 is 0 Å². The van der Waals surface area contributed by atoms with Gasteiger partial charge in [-0.2, -0.15) is 0 Å². The topological polar surface area (TPSA) is 69.9 Å². The fourth-order valence-corrected chi connectivity index (χ4v) is 2.40. The summed E-state index contributed by atoms with van der Waals surface area (Å²) in [6, 6.07) is 0. The largest absolute Gasteiger partial charge is 0.393 e. The first kappa shape index (κ1) is 9.15. The van der Waals surface area contributed by atoms with Crippen LogP contribution in [0.3, 0.4) is 0 Å². The molecule has 4 heteroatoms. The minimum absolute atomic E-state index is 0.0837. The van der Waals surface area contributed by atoms with Crippen LogP contribution in [0.25, 0.3) is 0 Å². The first-order valence-electron chi connectivity index (χ1n) is 4.49. The van der Waals surface area contributed by atoms with Gasteiger partial charge in [0.15, 0.2) is 0 Å². The summed E-state index contributed by atoms with van der Waals surface area (Å²) in [5, 5.41) is 27.9. The summed E-state index contributed by atoms with van der Waals surface area (Å²) >= 11 is 0. The first-order chi connectivity index (χ1) is 6.24. The zero-order chi connectivity index (χ0) is 9.47. The second-order valence-corrected chi connectivity index (χ2v) is 3.63. The van der Waals surface area contributed by atoms with Gasteiger partial charge in [-0.3, -0.25) is 0 Å². The third-order valence-corrected chi connectivity index (χ3v) is 3.12. The highest BCUT2D eigenvalue weighted by molar-refractivity contribution is 5.31. The molecule has 0 amide bonds. The lowest BCUT2D eigenvalue weighted by Gasteiger charge is -2.29. The lowest BCUT2D eigenvalue weighted by atomic mass is 9.86. The van der Waals surface area contributed by atoms with E-state index in [-0.39, 0.29) is 19.1 Å². The van der Waals surface area contributed by atoms with Gasteiger partial charge in [-0.25, -0.2) is 0 Å². The van der Waals surface area contributed by atoms with Gasteiger partial charge in [0, 0.05) is 12.5 Å². The van der Waals surface area contributed by atoms with E-state index in [1.54, 1.807) is 6.08 Å². The Morgan fingerprint density at radius 1 is 1.54 bits per heavy atom. The van der Waals surface area contributed by atoms with E-state index < -0.39 is 11.7 Å². The maximum absolute atomic E-state index is 9.62. The van der Waals surface area contributed by atoms with Crippen molar-refractivity contribution in [2.75, 3.05) is 19.8 Å². The Labute approximate surface area is 76.5 Å². The Morgan fingerprint density at radius 3 is 2.92 bits per heavy atom. The van der Waals surface area contributed by atoms with Gasteiger partial charge in [-0.05, 0) is 12.0 Å². The highest BCUT2D eigenvalue weighted by Crippen LogP contribution is 2.45. The Balaban J connectivity index is 2.33. The van der Waals surface area contributed by atoms with Crippen LogP contribution in [-0.2, 0) is 4.74 Å². The van der Waals surface area contributed by atoms with Crippen molar-refractivity contribution >= 4 is 0 Å². The Hall–Kier alpha value is -0.420. The van der Waals surface area contributed by atoms with E-state index in [0.29, 0.717) is 12.2 Å². The van der Waals surface area contributed by atoms with Gasteiger partial charge in [0.05, 0.1) is 19.3 Å². The summed E-state index contributed by atoms with van der Waals surface area (Å²) in [5.74, 6) is -0.0837. The van der Waals surface area contributed by atoms with Gasteiger partial charge in [-0.15, -0.1) is 0 Å². The molecule has 1 aliphatic carbocycles. The first-order valence-corrected chi connectivity index (χ1v) is 4.49. The van der Waals surface area contributed by atoms with Crippen LogP contribution in [0.1, 0.15) is 6.42 Å². The second kappa shape index (κ2) is 3.06. The number of hydrogen-bond acceptors (Lipinski definition) is 4. The number of ether oxygens (including phenoxy) is 1. The Morgan fingerprint density at radius 2 is 2.31 bits per heavy atom. The summed E-state index contributed by atoms with van der Waals surface area (Å²) in [6.45, 7) is 0.217. The van der Waals surface area contributed by atoms with Crippen molar-refractivity contribution in [2.24, 2.45) is 5.92 Å². The average Bonchev–Trinajstić information content (AvgIpc) is 2.66. The Bertz CT molecular complexity index is 238. The van der Waals surface area contributed by atoms with E-state index in [1.807, 2.05) is 0 Å². The summed E-state index contributed by atoms with van der Waals surface area (Å²) in [7, 11) is 0. The van der Waals surface area contributed by atoms with Gasteiger partial charge < -0.3 is 20.1 Å². The molecule has 0 radical (unpaired) electrons. The van der Waals surface area contributed by atoms with Gasteiger partial charge in [0.1, 0.15) is 5.60 Å². The molecule has 3 N–H and O–H groups in total. The molecule has 2 rings (SSSR count). The predicted molar refractivity (Wildman–Crippen MR) is 45.1 cm³/mol. The van der Waals surface area contributed by atoms with Crippen LogP contribution in [0.4, 0.5) is 0 Å². The van der Waals surface area contributed by atoms with Crippen LogP contribution in [0.2, 0.25) is 0 Å². The van der Waals surface area contributed by atoms with Crippen LogP contribution in [0.5, 0.6) is 0 Å². The number of fused-ring (bicyclic) bond motifs is 1. The van der Waals surface area contributed by atoms with E-state index in [0.717, 1.165) is 6.42 Å². The van der Waals surface area contributed by atoms with E-state index in [1.165, 1.54) is 0 Å². The molecule has 13 heavy (non-hydrogen) atoms. The van der Waals surface area contributed by atoms with Crippen molar-refractivity contribution in [3.63, 3.8) is 0 Å². The smallest absolute Gasteiger partial charge is 0.120 e. The van der Waals surface area contributed by atoms with Crippen LogP contribution < -0.4 is 0 Å². The SMILES string of the molecule is OCC1=C[C@@H](O)[C@@H]2CCO[C@]12CO. The zero-order valence-corrected chi connectivity index (χ0v) is 7.31. The van der Waals surface area contributed by atoms with Gasteiger partial charge in [-0.1, -0.05) is 6.08 Å². The van der Waals surface area contributed by atoms with E-state index in [2.05, 4.69) is 0 Å². The molecule has 74 valence electrons. The number of aliphatic hydroxyl groups excluding tert-OH is 3. The number of rotatable bonds is 2. The molecule has 0 aromatic rings. The average molecular weight is 186 g/mol. The molecule has 1 saturated heterocycles. The van der Waals surface area contributed by atoms with Crippen molar-refractivity contribution < 1.29 is 20.1 Å². The Kier molecular flexibility index (Phi) is 2.15. The molecular formula is C9H14O4. The monoisotopic (exact) mass is 186 g/mol. The van der Waals surface area contributed by atoms with Crippen molar-refractivity contribution in [3.05, 3.63) is 11.6 Å². The van der Waals surface area contributed by atoms with Crippen molar-refractivity contribution in [1.29, 1.82) is 0 Å². The molecule has 1 fully saturated rings. The quantitative estimate of drug-likeness (QED) is 0.486. The van der Waals surface area contributed by atoms with Crippen LogP contribution in [-0.4, -0.2) is 46.8 Å². The van der Waals surface area contributed by atoms with E-state index >= 15 is 0 Å². The van der Waals surface area contributed by atoms with Crippen LogP contribution in [0.15, 0.2) is 11.6 Å². The third kappa shape index (κ3) is 1.07. The molecule has 0 saturated carbocycles. The predicted octanol–water partition coefficient (Wildman–Crippen LogP) is -0.953. The molecule has 1 aliphatic heterocycles. The third-order valence-electron chi connectivity index (χ3n) is 3.12. The zero-order valence-electron chi connectivity index (χ0n) is 7.31. The number of hydrogen-bond donors (Lipinski definition) is 3. The lowest BCUT2D eigenvalue weighted by Crippen LogP contribution is -2.41. The van der Waals surface area contributed by atoms with E-state index in [4.69, 9.17) is 9.84 Å². The normalized spacial score (nSPS) is 43.5. The summed E-state index contributed by atoms with van der Waals surface area (Å²) < 4.78 is 5.45. The molecule has 0 bridgehead atoms. The molecule has 2 aliphatic rings. The standard InChI is InChI=1S/C9H14O4/c10-4-6-3-8(12)7-1-2-13-9(6,7)5-11/h3,7-8,10-12H,1-2,4-5H2/t7-,8+,9+/m0/s1. The molecule has 1 heterocycles. The minimum Gasteiger partial charge on any atom is -0.393 e. The summed E-state index contributed by atoms with van der Waals surface area (Å²) in [5.41, 5.74) is -0.182. The van der Waals surface area contributed by atoms with E-state index in [9.17, 15) is 10.2 Å². The molecule has 3 atom stereocenters. The van der Waals surface area contributed by atoms with Gasteiger partial charge in [0.25, 0.3) is 0 Å². The van der Waals surface area contributed by atoms with Gasteiger partial charge >= 0.3 is 0 Å².